The average Bonchev–Trinajstić information content (AvgIpc) is 2.97. The molecule has 6 heteroatoms. The van der Waals surface area contributed by atoms with Crippen LogP contribution >= 0.6 is 0 Å². The van der Waals surface area contributed by atoms with Gasteiger partial charge in [-0.1, -0.05) is 71.4 Å². The van der Waals surface area contributed by atoms with E-state index in [0.717, 1.165) is 51.4 Å². The summed E-state index contributed by atoms with van der Waals surface area (Å²) in [5.74, 6) is -0.516. The van der Waals surface area contributed by atoms with Gasteiger partial charge >= 0.3 is 17.9 Å². The zero-order chi connectivity index (χ0) is 32.6. The molecule has 0 unspecified atom stereocenters. The number of aliphatic carboxylic acids is 1. The van der Waals surface area contributed by atoms with Crippen LogP contribution in [0.1, 0.15) is 123 Å². The first-order valence-corrected chi connectivity index (χ1v) is 17.4. The summed E-state index contributed by atoms with van der Waals surface area (Å²) in [5.41, 5.74) is 0.357. The number of carboxylic acid groups (broad SMARTS) is 1. The van der Waals surface area contributed by atoms with Crippen LogP contribution in [0.3, 0.4) is 0 Å². The topological polar surface area (TPSA) is 89.9 Å². The Hall–Kier alpha value is -2.63. The summed E-state index contributed by atoms with van der Waals surface area (Å²) in [6, 6.07) is 9.23. The van der Waals surface area contributed by atoms with Crippen molar-refractivity contribution < 1.29 is 29.0 Å². The van der Waals surface area contributed by atoms with Crippen molar-refractivity contribution in [2.75, 3.05) is 6.61 Å². The number of rotatable bonds is 5. The highest BCUT2D eigenvalue weighted by Crippen LogP contribution is 2.76. The fraction of sp³-hybridized carbons (Fsp3) is 0.718. The Bertz CT molecular complexity index is 1390. The first kappa shape index (κ1) is 32.3. The molecule has 0 heterocycles. The highest BCUT2D eigenvalue weighted by Gasteiger charge is 2.71. The third-order valence-electron chi connectivity index (χ3n) is 14.4. The lowest BCUT2D eigenvalue weighted by Gasteiger charge is -2.71. The Kier molecular flexibility index (Phi) is 7.69. The van der Waals surface area contributed by atoms with E-state index in [1.54, 1.807) is 12.1 Å². The van der Waals surface area contributed by atoms with E-state index in [-0.39, 0.29) is 52.2 Å². The van der Waals surface area contributed by atoms with Crippen LogP contribution in [0.25, 0.3) is 0 Å². The van der Waals surface area contributed by atoms with Gasteiger partial charge in [0.05, 0.1) is 11.0 Å². The summed E-state index contributed by atoms with van der Waals surface area (Å²) in [4.78, 5) is 38.8. The maximum absolute atomic E-state index is 13.5. The molecule has 0 aromatic heterocycles. The number of benzene rings is 1. The van der Waals surface area contributed by atoms with Gasteiger partial charge in [-0.05, 0) is 110 Å². The number of carbonyl (C=O) groups is 3. The lowest BCUT2D eigenvalue weighted by atomic mass is 9.33. The van der Waals surface area contributed by atoms with Crippen LogP contribution in [0.2, 0.25) is 0 Å². The molecule has 0 radical (unpaired) electrons. The van der Waals surface area contributed by atoms with Gasteiger partial charge in [-0.2, -0.15) is 0 Å². The number of esters is 2. The van der Waals surface area contributed by atoms with Gasteiger partial charge in [0.15, 0.2) is 0 Å². The normalized spacial score (nSPS) is 41.2. The van der Waals surface area contributed by atoms with Crippen LogP contribution < -0.4 is 0 Å². The third kappa shape index (κ3) is 4.74. The average molecular weight is 619 g/mol. The molecule has 0 aliphatic heterocycles. The van der Waals surface area contributed by atoms with E-state index in [0.29, 0.717) is 30.2 Å². The van der Waals surface area contributed by atoms with Gasteiger partial charge in [0.1, 0.15) is 12.7 Å². The molecule has 246 valence electrons. The predicted molar refractivity (Wildman–Crippen MR) is 173 cm³/mol. The van der Waals surface area contributed by atoms with Gasteiger partial charge in [-0.15, -0.1) is 0 Å². The van der Waals surface area contributed by atoms with Crippen molar-refractivity contribution in [1.29, 1.82) is 0 Å². The molecule has 1 N–H and O–H groups in total. The number of carboxylic acids is 1. The number of ether oxygens (including phenoxy) is 2. The molecule has 0 spiro atoms. The van der Waals surface area contributed by atoms with Crippen LogP contribution in [0, 0.1) is 50.2 Å². The Labute approximate surface area is 269 Å². The number of hydrogen-bond acceptors (Lipinski definition) is 5. The lowest BCUT2D eigenvalue weighted by Crippen LogP contribution is -2.67. The molecular formula is C39H54O6. The van der Waals surface area contributed by atoms with Crippen molar-refractivity contribution >= 4 is 17.9 Å². The molecule has 0 bridgehead atoms. The zero-order valence-electron chi connectivity index (χ0n) is 28.5. The van der Waals surface area contributed by atoms with Gasteiger partial charge < -0.3 is 14.6 Å². The van der Waals surface area contributed by atoms with E-state index in [1.807, 2.05) is 18.2 Å². The summed E-state index contributed by atoms with van der Waals surface area (Å²) in [7, 11) is 0. The van der Waals surface area contributed by atoms with Gasteiger partial charge in [0.2, 0.25) is 0 Å². The molecule has 0 saturated heterocycles. The zero-order valence-corrected chi connectivity index (χ0v) is 28.5. The summed E-state index contributed by atoms with van der Waals surface area (Å²) in [6.45, 7) is 15.9. The van der Waals surface area contributed by atoms with Gasteiger partial charge in [-0.25, -0.2) is 4.79 Å². The Morgan fingerprint density at radius 3 is 2.22 bits per heavy atom. The highest BCUT2D eigenvalue weighted by atomic mass is 16.5. The number of carbonyl (C=O) groups excluding carboxylic acids is 2. The molecule has 0 amide bonds. The molecule has 1 aromatic carbocycles. The minimum atomic E-state index is -0.761. The summed E-state index contributed by atoms with van der Waals surface area (Å²) in [6.07, 6.45) is 10.9. The van der Waals surface area contributed by atoms with E-state index in [9.17, 15) is 19.5 Å². The molecule has 8 atom stereocenters. The SMILES string of the molecule is CC(=O)O[C@H]1CC[C@@]2(C)[C@@H](CC[C@]3(C)[C@H]2CC=C2[C@@H]4CC(C)(C)CC[C@]4(C(=O)O)CC[C@]23COC(=O)c2ccccc2)C1(C)C. The highest BCUT2D eigenvalue weighted by molar-refractivity contribution is 5.89. The summed E-state index contributed by atoms with van der Waals surface area (Å²) in [5, 5.41) is 10.8. The molecule has 45 heavy (non-hydrogen) atoms. The number of hydrogen-bond donors (Lipinski definition) is 1. The molecule has 6 nitrogen and oxygen atoms in total. The maximum Gasteiger partial charge on any atom is 0.338 e. The van der Waals surface area contributed by atoms with Crippen LogP contribution in [-0.2, 0) is 19.1 Å². The predicted octanol–water partition coefficient (Wildman–Crippen LogP) is 8.64. The summed E-state index contributed by atoms with van der Waals surface area (Å²) < 4.78 is 12.3. The van der Waals surface area contributed by atoms with Crippen molar-refractivity contribution in [2.24, 2.45) is 50.2 Å². The second-order valence-electron chi connectivity index (χ2n) is 17.3. The second-order valence-corrected chi connectivity index (χ2v) is 17.3. The molecule has 1 aromatic rings. The standard InChI is InChI=1S/C39H54O6/c1-25(40)45-31-16-17-36(6)29(35(31,4)5)15-18-37(7)30(36)14-13-27-28-23-34(2,3)19-20-38(28,33(42)43)21-22-39(27,37)24-44-32(41)26-11-9-8-10-12-26/h8-13,28-31H,14-24H2,1-7H3,(H,42,43)/t28-,29-,30-,31-,36-,37+,38-,39-/m0/s1. The number of allylic oxidation sites excluding steroid dienone is 1. The Balaban J connectivity index is 1.45. The van der Waals surface area contributed by atoms with E-state index in [4.69, 9.17) is 9.47 Å². The van der Waals surface area contributed by atoms with Crippen molar-refractivity contribution in [3.05, 3.63) is 47.5 Å². The van der Waals surface area contributed by atoms with Crippen LogP contribution in [0.4, 0.5) is 0 Å². The quantitative estimate of drug-likeness (QED) is 0.262. The van der Waals surface area contributed by atoms with Gasteiger partial charge in [0.25, 0.3) is 0 Å². The van der Waals surface area contributed by atoms with E-state index in [2.05, 4.69) is 47.6 Å². The molecule has 6 rings (SSSR count). The smallest absolute Gasteiger partial charge is 0.338 e. The minimum absolute atomic E-state index is 0.0127. The minimum Gasteiger partial charge on any atom is -0.481 e. The Morgan fingerprint density at radius 1 is 0.867 bits per heavy atom. The van der Waals surface area contributed by atoms with Crippen molar-refractivity contribution in [3.63, 3.8) is 0 Å². The second kappa shape index (κ2) is 10.7. The molecule has 5 aliphatic rings. The van der Waals surface area contributed by atoms with Crippen molar-refractivity contribution in [3.8, 4) is 0 Å². The van der Waals surface area contributed by atoms with Crippen LogP contribution in [0.15, 0.2) is 42.0 Å². The van der Waals surface area contributed by atoms with Crippen molar-refractivity contribution in [1.82, 2.24) is 0 Å². The molecule has 4 saturated carbocycles. The molecule has 4 fully saturated rings. The van der Waals surface area contributed by atoms with Crippen LogP contribution in [-0.4, -0.2) is 35.7 Å². The van der Waals surface area contributed by atoms with Crippen LogP contribution in [0.5, 0.6) is 0 Å². The third-order valence-corrected chi connectivity index (χ3v) is 14.4. The molecule has 5 aliphatic carbocycles. The first-order valence-electron chi connectivity index (χ1n) is 17.4. The fourth-order valence-corrected chi connectivity index (χ4v) is 12.0. The van der Waals surface area contributed by atoms with E-state index >= 15 is 0 Å². The molecular weight excluding hydrogens is 564 g/mol. The van der Waals surface area contributed by atoms with Gasteiger partial charge in [0, 0.05) is 17.8 Å². The summed E-state index contributed by atoms with van der Waals surface area (Å²) >= 11 is 0. The van der Waals surface area contributed by atoms with Crippen molar-refractivity contribution in [2.45, 2.75) is 119 Å². The van der Waals surface area contributed by atoms with E-state index in [1.165, 1.54) is 12.5 Å². The van der Waals surface area contributed by atoms with Gasteiger partial charge in [-0.3, -0.25) is 9.59 Å². The largest absolute Gasteiger partial charge is 0.481 e. The first-order chi connectivity index (χ1) is 21.0. The lowest BCUT2D eigenvalue weighted by molar-refractivity contribution is -0.220. The Morgan fingerprint density at radius 2 is 1.56 bits per heavy atom. The monoisotopic (exact) mass is 618 g/mol. The maximum atomic E-state index is 13.5. The van der Waals surface area contributed by atoms with E-state index < -0.39 is 16.8 Å². The fourth-order valence-electron chi connectivity index (χ4n) is 12.0. The number of fused-ring (bicyclic) bond motifs is 7.